The van der Waals surface area contributed by atoms with Crippen LogP contribution in [0.15, 0.2) is 30.5 Å². The van der Waals surface area contributed by atoms with Crippen molar-refractivity contribution < 1.29 is 9.53 Å². The molecule has 0 radical (unpaired) electrons. The Balaban J connectivity index is 1.70. The summed E-state index contributed by atoms with van der Waals surface area (Å²) in [6.45, 7) is 3.26. The summed E-state index contributed by atoms with van der Waals surface area (Å²) in [5, 5.41) is 4.16. The van der Waals surface area contributed by atoms with Crippen LogP contribution in [0.5, 0.6) is 0 Å². The molecule has 1 aliphatic rings. The SMILES string of the molecule is CN(C)CCn1ccc2ccc(NC(=O)C(N)C3CCOCC3)cc21. The van der Waals surface area contributed by atoms with Gasteiger partial charge < -0.3 is 25.3 Å². The molecule has 1 unspecified atom stereocenters. The molecule has 1 aromatic heterocycles. The molecule has 6 heteroatoms. The highest BCUT2D eigenvalue weighted by Crippen LogP contribution is 2.22. The number of amides is 1. The summed E-state index contributed by atoms with van der Waals surface area (Å²) in [6.07, 6.45) is 3.79. The van der Waals surface area contributed by atoms with Crippen LogP contribution in [0.4, 0.5) is 5.69 Å². The molecule has 136 valence electrons. The molecular formula is C19H28N4O2. The Morgan fingerprint density at radius 3 is 2.84 bits per heavy atom. The van der Waals surface area contributed by atoms with E-state index in [2.05, 4.69) is 41.1 Å². The molecule has 3 rings (SSSR count). The molecule has 1 aliphatic heterocycles. The van der Waals surface area contributed by atoms with Crippen LogP contribution in [-0.4, -0.2) is 55.3 Å². The van der Waals surface area contributed by atoms with E-state index >= 15 is 0 Å². The van der Waals surface area contributed by atoms with E-state index in [1.165, 1.54) is 5.39 Å². The molecule has 1 aromatic carbocycles. The fraction of sp³-hybridized carbons (Fsp3) is 0.526. The van der Waals surface area contributed by atoms with Gasteiger partial charge in [0.05, 0.1) is 11.6 Å². The van der Waals surface area contributed by atoms with Crippen LogP contribution < -0.4 is 11.1 Å². The number of likely N-dealkylation sites (N-methyl/N-ethyl adjacent to an activating group) is 1. The minimum Gasteiger partial charge on any atom is -0.381 e. The van der Waals surface area contributed by atoms with Gasteiger partial charge in [-0.25, -0.2) is 0 Å². The number of carbonyl (C=O) groups excluding carboxylic acids is 1. The molecule has 1 fully saturated rings. The van der Waals surface area contributed by atoms with Crippen molar-refractivity contribution in [2.24, 2.45) is 11.7 Å². The van der Waals surface area contributed by atoms with Crippen LogP contribution in [0.25, 0.3) is 10.9 Å². The van der Waals surface area contributed by atoms with Crippen molar-refractivity contribution in [3.8, 4) is 0 Å². The maximum absolute atomic E-state index is 12.5. The number of fused-ring (bicyclic) bond motifs is 1. The van der Waals surface area contributed by atoms with Gasteiger partial charge in [-0.05, 0) is 56.4 Å². The maximum Gasteiger partial charge on any atom is 0.241 e. The van der Waals surface area contributed by atoms with E-state index in [1.807, 2.05) is 18.2 Å². The summed E-state index contributed by atoms with van der Waals surface area (Å²) >= 11 is 0. The van der Waals surface area contributed by atoms with Crippen molar-refractivity contribution in [1.29, 1.82) is 0 Å². The van der Waals surface area contributed by atoms with Gasteiger partial charge in [-0.1, -0.05) is 6.07 Å². The van der Waals surface area contributed by atoms with Crippen molar-refractivity contribution in [3.05, 3.63) is 30.5 Å². The Hall–Kier alpha value is -1.89. The Kier molecular flexibility index (Phi) is 5.73. The molecule has 6 nitrogen and oxygen atoms in total. The number of hydrogen-bond acceptors (Lipinski definition) is 4. The Morgan fingerprint density at radius 2 is 2.12 bits per heavy atom. The molecule has 1 saturated heterocycles. The zero-order chi connectivity index (χ0) is 17.8. The minimum absolute atomic E-state index is 0.113. The highest BCUT2D eigenvalue weighted by molar-refractivity contribution is 5.97. The number of benzene rings is 1. The van der Waals surface area contributed by atoms with Crippen molar-refractivity contribution in [1.82, 2.24) is 9.47 Å². The lowest BCUT2D eigenvalue weighted by atomic mass is 9.92. The summed E-state index contributed by atoms with van der Waals surface area (Å²) in [4.78, 5) is 14.7. The van der Waals surface area contributed by atoms with Crippen molar-refractivity contribution in [2.45, 2.75) is 25.4 Å². The van der Waals surface area contributed by atoms with Gasteiger partial charge in [0.25, 0.3) is 0 Å². The zero-order valence-corrected chi connectivity index (χ0v) is 15.1. The van der Waals surface area contributed by atoms with Crippen LogP contribution in [-0.2, 0) is 16.1 Å². The van der Waals surface area contributed by atoms with Gasteiger partial charge in [-0.2, -0.15) is 0 Å². The van der Waals surface area contributed by atoms with Crippen LogP contribution in [0.1, 0.15) is 12.8 Å². The number of aromatic nitrogens is 1. The second-order valence-corrected chi connectivity index (χ2v) is 7.05. The molecular weight excluding hydrogens is 316 g/mol. The second-order valence-electron chi connectivity index (χ2n) is 7.05. The predicted molar refractivity (Wildman–Crippen MR) is 101 cm³/mol. The third-order valence-corrected chi connectivity index (χ3v) is 4.91. The average Bonchev–Trinajstić information content (AvgIpc) is 3.02. The van der Waals surface area contributed by atoms with E-state index in [0.29, 0.717) is 13.2 Å². The third kappa shape index (κ3) is 4.39. The number of anilines is 1. The lowest BCUT2D eigenvalue weighted by Crippen LogP contribution is -2.44. The van der Waals surface area contributed by atoms with Gasteiger partial charge in [0.1, 0.15) is 0 Å². The smallest absolute Gasteiger partial charge is 0.241 e. The Morgan fingerprint density at radius 1 is 1.36 bits per heavy atom. The predicted octanol–water partition coefficient (Wildman–Crippen LogP) is 1.90. The highest BCUT2D eigenvalue weighted by atomic mass is 16.5. The van der Waals surface area contributed by atoms with Crippen LogP contribution in [0.3, 0.4) is 0 Å². The molecule has 0 bridgehead atoms. The van der Waals surface area contributed by atoms with Gasteiger partial charge >= 0.3 is 0 Å². The summed E-state index contributed by atoms with van der Waals surface area (Å²) in [5.41, 5.74) is 8.09. The van der Waals surface area contributed by atoms with E-state index in [0.717, 1.165) is 37.1 Å². The first-order chi connectivity index (χ1) is 12.0. The van der Waals surface area contributed by atoms with E-state index in [-0.39, 0.29) is 11.8 Å². The summed E-state index contributed by atoms with van der Waals surface area (Å²) < 4.78 is 7.56. The fourth-order valence-electron chi connectivity index (χ4n) is 3.28. The molecule has 0 saturated carbocycles. The topological polar surface area (TPSA) is 72.5 Å². The van der Waals surface area contributed by atoms with E-state index < -0.39 is 6.04 Å². The van der Waals surface area contributed by atoms with Crippen LogP contribution in [0.2, 0.25) is 0 Å². The quantitative estimate of drug-likeness (QED) is 0.839. The molecule has 25 heavy (non-hydrogen) atoms. The van der Waals surface area contributed by atoms with E-state index in [4.69, 9.17) is 10.5 Å². The first-order valence-corrected chi connectivity index (χ1v) is 8.92. The fourth-order valence-corrected chi connectivity index (χ4v) is 3.28. The first kappa shape index (κ1) is 17.9. The zero-order valence-electron chi connectivity index (χ0n) is 15.1. The normalized spacial score (nSPS) is 17.1. The molecule has 1 atom stereocenters. The van der Waals surface area contributed by atoms with Crippen LogP contribution >= 0.6 is 0 Å². The number of hydrogen-bond donors (Lipinski definition) is 2. The minimum atomic E-state index is -0.486. The largest absolute Gasteiger partial charge is 0.381 e. The maximum atomic E-state index is 12.5. The van der Waals surface area contributed by atoms with Gasteiger partial charge in [-0.15, -0.1) is 0 Å². The highest BCUT2D eigenvalue weighted by Gasteiger charge is 2.26. The summed E-state index contributed by atoms with van der Waals surface area (Å²) in [7, 11) is 4.13. The number of rotatable bonds is 6. The first-order valence-electron chi connectivity index (χ1n) is 8.92. The lowest BCUT2D eigenvalue weighted by molar-refractivity contribution is -0.119. The third-order valence-electron chi connectivity index (χ3n) is 4.91. The van der Waals surface area contributed by atoms with Crippen LogP contribution in [0, 0.1) is 5.92 Å². The molecule has 0 aliphatic carbocycles. The molecule has 0 spiro atoms. The van der Waals surface area contributed by atoms with Gasteiger partial charge in [0, 0.05) is 38.2 Å². The number of nitrogens with two attached hydrogens (primary N) is 1. The Bertz CT molecular complexity index is 719. The Labute approximate surface area is 148 Å². The van der Waals surface area contributed by atoms with Gasteiger partial charge in [0.15, 0.2) is 0 Å². The van der Waals surface area contributed by atoms with E-state index in [1.54, 1.807) is 0 Å². The number of ether oxygens (including phenoxy) is 1. The average molecular weight is 344 g/mol. The number of nitrogens with zero attached hydrogens (tertiary/aromatic N) is 2. The molecule has 1 amide bonds. The summed E-state index contributed by atoms with van der Waals surface area (Å²) in [6, 6.07) is 7.62. The van der Waals surface area contributed by atoms with Gasteiger partial charge in [0.2, 0.25) is 5.91 Å². The van der Waals surface area contributed by atoms with E-state index in [9.17, 15) is 4.79 Å². The molecule has 2 aromatic rings. The van der Waals surface area contributed by atoms with Gasteiger partial charge in [-0.3, -0.25) is 4.79 Å². The second kappa shape index (κ2) is 7.99. The van der Waals surface area contributed by atoms with Crippen molar-refractivity contribution in [3.63, 3.8) is 0 Å². The summed E-state index contributed by atoms with van der Waals surface area (Å²) in [5.74, 6) is 0.0825. The molecule has 2 heterocycles. The van der Waals surface area contributed by atoms with Crippen molar-refractivity contribution in [2.75, 3.05) is 39.2 Å². The molecule has 3 N–H and O–H groups in total. The standard InChI is InChI=1S/C19H28N4O2/c1-22(2)9-10-23-8-5-14-3-4-16(13-17(14)23)21-19(24)18(20)15-6-11-25-12-7-15/h3-5,8,13,15,18H,6-7,9-12,20H2,1-2H3,(H,21,24). The monoisotopic (exact) mass is 344 g/mol. The number of nitrogens with one attached hydrogen (secondary N) is 1. The lowest BCUT2D eigenvalue weighted by Gasteiger charge is -2.26. The number of carbonyl (C=O) groups is 1. The van der Waals surface area contributed by atoms with Crippen molar-refractivity contribution >= 4 is 22.5 Å².